The van der Waals surface area contributed by atoms with Gasteiger partial charge in [0.05, 0.1) is 21.6 Å². The topological polar surface area (TPSA) is 201 Å². The van der Waals surface area contributed by atoms with Gasteiger partial charge in [-0.05, 0) is 0 Å². The summed E-state index contributed by atoms with van der Waals surface area (Å²) in [7, 11) is -5.70. The van der Waals surface area contributed by atoms with Gasteiger partial charge >= 0.3 is 27.3 Å². The maximum Gasteiger partial charge on any atom is 2.00 e. The summed E-state index contributed by atoms with van der Waals surface area (Å²) in [5.41, 5.74) is 0. The Labute approximate surface area is 87.7 Å². The van der Waals surface area contributed by atoms with Crippen molar-refractivity contribution in [3.8, 4) is 0 Å². The molecule has 0 rings (SSSR count). The van der Waals surface area contributed by atoms with Crippen LogP contribution in [0, 0.1) is 21.6 Å². The van der Waals surface area contributed by atoms with Gasteiger partial charge in [0.2, 0.25) is 0 Å². The maximum atomic E-state index is 8.41. The van der Waals surface area contributed by atoms with Crippen LogP contribution in [0.25, 0.3) is 0 Å². The van der Waals surface area contributed by atoms with E-state index in [0.29, 0.717) is 0 Å². The first-order valence-corrected chi connectivity index (χ1v) is 2.78. The van der Waals surface area contributed by atoms with Crippen molar-refractivity contribution in [3.05, 3.63) is 0 Å². The Balaban J connectivity index is -0.0000000171. The van der Waals surface area contributed by atoms with E-state index in [9.17, 15) is 0 Å². The van der Waals surface area contributed by atoms with Gasteiger partial charge in [0.1, 0.15) is 0 Å². The minimum atomic E-state index is -2.85. The van der Waals surface area contributed by atoms with Crippen molar-refractivity contribution >= 4 is 0 Å². The summed E-state index contributed by atoms with van der Waals surface area (Å²) in [6, 6.07) is 0. The van der Waals surface area contributed by atoms with Crippen LogP contribution in [0.1, 0.15) is 0 Å². The van der Waals surface area contributed by atoms with Gasteiger partial charge in [0, 0.05) is 0 Å². The van der Waals surface area contributed by atoms with Crippen LogP contribution in [0.4, 0.5) is 0 Å². The van der Waals surface area contributed by atoms with Crippen LogP contribution < -0.4 is 28.0 Å². The molecule has 0 aromatic carbocycles. The van der Waals surface area contributed by atoms with E-state index in [1.165, 1.54) is 0 Å². The molecule has 0 aliphatic heterocycles. The molecule has 11 heteroatoms. The molecular weight excluding hydrogens is 311 g/mol. The molecule has 11 heavy (non-hydrogen) atoms. The van der Waals surface area contributed by atoms with Crippen molar-refractivity contribution < 1.29 is 87.8 Å². The Morgan fingerprint density at radius 2 is 0.545 bits per heavy atom. The average Bonchev–Trinajstić information content (AvgIpc) is 1.25. The molecule has 8 nitrogen and oxygen atoms in total. The fraction of sp³-hybridized carbons (Fsp3) is 0. The van der Waals surface area contributed by atoms with Crippen LogP contribution in [0.5, 0.6) is 0 Å². The Morgan fingerprint density at radius 3 is 0.545 bits per heavy atom. The van der Waals surface area contributed by atoms with E-state index in [1.54, 1.807) is 0 Å². The normalized spacial score (nSPS) is 6.55. The Hall–Kier alpha value is 1.18. The maximum absolute atomic E-state index is 8.41. The summed E-state index contributed by atoms with van der Waals surface area (Å²) in [6.07, 6.45) is 0. The van der Waals surface area contributed by atoms with Gasteiger partial charge in [-0.1, -0.05) is 0 Å². The fourth-order valence-electron chi connectivity index (χ4n) is 0. The van der Waals surface area contributed by atoms with Crippen LogP contribution in [0.3, 0.4) is 0 Å². The molecule has 0 aliphatic carbocycles. The molecule has 4 N–H and O–H groups in total. The predicted octanol–water partition coefficient (Wildman–Crippen LogP) is -8.79. The molecule has 68 valence electrons. The van der Waals surface area contributed by atoms with Crippen LogP contribution >= 0.6 is 0 Å². The minimum Gasteiger partial charge on any atom is -0.412 e. The summed E-state index contributed by atoms with van der Waals surface area (Å²) in [5.74, 6) is 0. The third kappa shape index (κ3) is 675. The van der Waals surface area contributed by atoms with E-state index in [-0.39, 0.29) is 38.3 Å². The van der Waals surface area contributed by atoms with Crippen LogP contribution in [-0.4, -0.2) is 11.0 Å². The quantitative estimate of drug-likeness (QED) is 0.397. The van der Waals surface area contributed by atoms with E-state index in [2.05, 4.69) is 0 Å². The molecular formula is H4CdCl2O8. The summed E-state index contributed by atoms with van der Waals surface area (Å²) >= 11 is 0. The summed E-state index contributed by atoms with van der Waals surface area (Å²) in [6.45, 7) is 0. The van der Waals surface area contributed by atoms with E-state index in [4.69, 9.17) is 28.0 Å². The minimum absolute atomic E-state index is 0. The Morgan fingerprint density at radius 1 is 0.545 bits per heavy atom. The van der Waals surface area contributed by atoms with E-state index in [0.717, 1.165) is 0 Å². The summed E-state index contributed by atoms with van der Waals surface area (Å²) < 4.78 is 50.4. The summed E-state index contributed by atoms with van der Waals surface area (Å²) in [5, 5.41) is 0. The third-order valence-corrected chi connectivity index (χ3v) is 0. The van der Waals surface area contributed by atoms with Gasteiger partial charge in [-0.25, -0.2) is 0 Å². The molecule has 0 radical (unpaired) electrons. The molecule has 0 saturated heterocycles. The van der Waals surface area contributed by atoms with Crippen molar-refractivity contribution in [2.75, 3.05) is 0 Å². The molecule has 0 saturated carbocycles. The summed E-state index contributed by atoms with van der Waals surface area (Å²) in [4.78, 5) is 0. The molecule has 0 aromatic rings. The largest absolute Gasteiger partial charge is 2.00 e. The van der Waals surface area contributed by atoms with Gasteiger partial charge in [0.25, 0.3) is 0 Å². The molecule has 0 aromatic heterocycles. The zero-order chi connectivity index (χ0) is 7.15. The Kier molecular flexibility index (Phi) is 60.3. The molecule has 0 amide bonds. The van der Waals surface area contributed by atoms with Crippen LogP contribution in [-0.2, 0) is 27.3 Å². The van der Waals surface area contributed by atoms with Gasteiger partial charge in [-0.3, -0.25) is 0 Å². The van der Waals surface area contributed by atoms with E-state index in [1.807, 2.05) is 0 Å². The molecule has 0 spiro atoms. The third-order valence-electron chi connectivity index (χ3n) is 0. The molecule has 0 bridgehead atoms. The van der Waals surface area contributed by atoms with E-state index >= 15 is 0 Å². The molecule has 0 aliphatic rings. The zero-order valence-electron chi connectivity index (χ0n) is 4.91. The Bertz CT molecular complexity index is 27.6. The van der Waals surface area contributed by atoms with Gasteiger partial charge in [-0.15, -0.1) is 0 Å². The van der Waals surface area contributed by atoms with Crippen molar-refractivity contribution in [1.29, 1.82) is 0 Å². The van der Waals surface area contributed by atoms with E-state index < -0.39 is 21.6 Å². The van der Waals surface area contributed by atoms with Crippen molar-refractivity contribution in [2.45, 2.75) is 0 Å². The molecule has 0 fully saturated rings. The van der Waals surface area contributed by atoms with Crippen molar-refractivity contribution in [3.63, 3.8) is 0 Å². The fourth-order valence-corrected chi connectivity index (χ4v) is 0. The van der Waals surface area contributed by atoms with Crippen molar-refractivity contribution in [2.24, 2.45) is 0 Å². The number of hydrogen-bond donors (Lipinski definition) is 0. The monoisotopic (exact) mass is 316 g/mol. The van der Waals surface area contributed by atoms with Gasteiger partial charge in [0.15, 0.2) is 0 Å². The first-order valence-electron chi connectivity index (χ1n) is 0.926. The SMILES string of the molecule is O.O.[Cd+2].[O-][Cl+2]([O-])[O-].[O-][Cl+2]([O-])[O-]. The predicted molar refractivity (Wildman–Crippen MR) is 7.23 cm³/mol. The zero-order valence-corrected chi connectivity index (χ0v) is 10.5. The van der Waals surface area contributed by atoms with Crippen LogP contribution in [0.2, 0.25) is 0 Å². The molecule has 0 heterocycles. The molecule has 0 unspecified atom stereocenters. The second-order valence-electron chi connectivity index (χ2n) is 0.378. The first kappa shape index (κ1) is 29.5. The number of halogens is 2. The molecule has 0 atom stereocenters. The standard InChI is InChI=1S/Cd.2ClO3.2H2O/c;2*2-1(3)4;;/h;;;2*1H2/q+2;2*-1;;. The van der Waals surface area contributed by atoms with Gasteiger partial charge < -0.3 is 38.9 Å². The van der Waals surface area contributed by atoms with Crippen molar-refractivity contribution in [1.82, 2.24) is 0 Å². The first-order chi connectivity index (χ1) is 3.46. The number of hydrogen-bond acceptors (Lipinski definition) is 6. The number of rotatable bonds is 0. The smallest absolute Gasteiger partial charge is 0.412 e. The van der Waals surface area contributed by atoms with Crippen LogP contribution in [0.15, 0.2) is 0 Å². The average molecular weight is 315 g/mol. The second-order valence-corrected chi connectivity index (χ2v) is 1.13. The second kappa shape index (κ2) is 22.5. The van der Waals surface area contributed by atoms with Gasteiger partial charge in [-0.2, -0.15) is 0 Å².